The zero-order chi connectivity index (χ0) is 16.2. The van der Waals surface area contributed by atoms with Crippen LogP contribution in [0, 0.1) is 5.92 Å². The molecule has 0 atom stereocenters. The Balaban J connectivity index is 1.93. The van der Waals surface area contributed by atoms with Gasteiger partial charge < -0.3 is 4.74 Å². The van der Waals surface area contributed by atoms with Crippen molar-refractivity contribution in [1.82, 2.24) is 20.2 Å². The first kappa shape index (κ1) is 16.6. The number of hydrogen-bond donors (Lipinski definition) is 0. The molecule has 1 aromatic carbocycles. The van der Waals surface area contributed by atoms with Gasteiger partial charge in [0.05, 0.1) is 0 Å². The van der Waals surface area contributed by atoms with Gasteiger partial charge >= 0.3 is 6.36 Å². The van der Waals surface area contributed by atoms with E-state index in [1.165, 1.54) is 23.9 Å². The standard InChI is InChI=1S/C13H15F3N4OS/c1-9(2)7-20-12(17-18-19-20)22-8-10-3-5-11(6-4-10)21-13(14,15)16/h3-6,9H,7-8H2,1-2H3. The Morgan fingerprint density at radius 1 is 1.23 bits per heavy atom. The molecule has 0 unspecified atom stereocenters. The largest absolute Gasteiger partial charge is 0.573 e. The predicted octanol–water partition coefficient (Wildman–Crippen LogP) is 3.52. The summed E-state index contributed by atoms with van der Waals surface area (Å²) >= 11 is 1.43. The van der Waals surface area contributed by atoms with Crippen LogP contribution < -0.4 is 4.74 Å². The second-order valence-electron chi connectivity index (χ2n) is 5.02. The molecule has 0 fully saturated rings. The molecule has 9 heteroatoms. The van der Waals surface area contributed by atoms with Gasteiger partial charge in [0.15, 0.2) is 0 Å². The average molecular weight is 332 g/mol. The lowest BCUT2D eigenvalue weighted by atomic mass is 10.2. The molecule has 2 rings (SSSR count). The highest BCUT2D eigenvalue weighted by molar-refractivity contribution is 7.98. The Morgan fingerprint density at radius 3 is 2.50 bits per heavy atom. The monoisotopic (exact) mass is 332 g/mol. The average Bonchev–Trinajstić information content (AvgIpc) is 2.83. The van der Waals surface area contributed by atoms with Gasteiger partial charge in [0, 0.05) is 12.3 Å². The normalized spacial score (nSPS) is 11.9. The minimum absolute atomic E-state index is 0.231. The van der Waals surface area contributed by atoms with Crippen molar-refractivity contribution in [3.63, 3.8) is 0 Å². The molecule has 0 spiro atoms. The van der Waals surface area contributed by atoms with Gasteiger partial charge in [-0.25, -0.2) is 4.68 Å². The van der Waals surface area contributed by atoms with E-state index in [9.17, 15) is 13.2 Å². The molecule has 0 radical (unpaired) electrons. The molecule has 0 aliphatic heterocycles. The van der Waals surface area contributed by atoms with Crippen molar-refractivity contribution in [1.29, 1.82) is 0 Å². The van der Waals surface area contributed by atoms with Crippen molar-refractivity contribution >= 4 is 11.8 Å². The predicted molar refractivity (Wildman–Crippen MR) is 75.3 cm³/mol. The number of benzene rings is 1. The maximum atomic E-state index is 12.1. The minimum Gasteiger partial charge on any atom is -0.406 e. The number of alkyl halides is 3. The van der Waals surface area contributed by atoms with Crippen LogP contribution in [0.3, 0.4) is 0 Å². The fourth-order valence-corrected chi connectivity index (χ4v) is 2.54. The fraction of sp³-hybridized carbons (Fsp3) is 0.462. The van der Waals surface area contributed by atoms with E-state index in [2.05, 4.69) is 34.1 Å². The molecule has 0 aliphatic carbocycles. The number of tetrazole rings is 1. The molecular weight excluding hydrogens is 317 g/mol. The molecule has 0 aliphatic rings. The molecule has 0 N–H and O–H groups in total. The molecule has 1 aromatic heterocycles. The highest BCUT2D eigenvalue weighted by Gasteiger charge is 2.30. The Kier molecular flexibility index (Phi) is 5.28. The smallest absolute Gasteiger partial charge is 0.406 e. The molecule has 0 saturated carbocycles. The second-order valence-corrected chi connectivity index (χ2v) is 5.96. The van der Waals surface area contributed by atoms with Crippen LogP contribution in [0.5, 0.6) is 5.75 Å². The van der Waals surface area contributed by atoms with Crippen LogP contribution in [0.15, 0.2) is 29.4 Å². The molecule has 0 amide bonds. The summed E-state index contributed by atoms with van der Waals surface area (Å²) in [4.78, 5) is 0. The lowest BCUT2D eigenvalue weighted by Gasteiger charge is -2.09. The van der Waals surface area contributed by atoms with E-state index in [-0.39, 0.29) is 5.75 Å². The van der Waals surface area contributed by atoms with E-state index < -0.39 is 6.36 Å². The first-order valence-electron chi connectivity index (χ1n) is 6.57. The van der Waals surface area contributed by atoms with Crippen LogP contribution in [-0.2, 0) is 12.3 Å². The number of nitrogens with zero attached hydrogens (tertiary/aromatic N) is 4. The Labute approximate surface area is 129 Å². The van der Waals surface area contributed by atoms with Crippen molar-refractivity contribution < 1.29 is 17.9 Å². The zero-order valence-electron chi connectivity index (χ0n) is 12.0. The SMILES string of the molecule is CC(C)Cn1nnnc1SCc1ccc(OC(F)(F)F)cc1. The van der Waals surface area contributed by atoms with Gasteiger partial charge in [0.1, 0.15) is 5.75 Å². The highest BCUT2D eigenvalue weighted by Crippen LogP contribution is 2.25. The number of halogens is 3. The van der Waals surface area contributed by atoms with E-state index >= 15 is 0 Å². The van der Waals surface area contributed by atoms with Crippen molar-refractivity contribution in [2.45, 2.75) is 37.7 Å². The summed E-state index contributed by atoms with van der Waals surface area (Å²) in [6, 6.07) is 5.76. The van der Waals surface area contributed by atoms with Gasteiger partial charge in [0.25, 0.3) is 0 Å². The maximum Gasteiger partial charge on any atom is 0.573 e. The number of hydrogen-bond acceptors (Lipinski definition) is 5. The summed E-state index contributed by atoms with van der Waals surface area (Å²) in [6.45, 7) is 4.85. The van der Waals surface area contributed by atoms with E-state index in [1.807, 2.05) is 0 Å². The summed E-state index contributed by atoms with van der Waals surface area (Å²) in [5.74, 6) is 0.748. The van der Waals surface area contributed by atoms with Crippen molar-refractivity contribution in [3.8, 4) is 5.75 Å². The van der Waals surface area contributed by atoms with E-state index in [4.69, 9.17) is 0 Å². The lowest BCUT2D eigenvalue weighted by Crippen LogP contribution is -2.16. The van der Waals surface area contributed by atoms with Crippen LogP contribution >= 0.6 is 11.8 Å². The summed E-state index contributed by atoms with van der Waals surface area (Å²) in [5.41, 5.74) is 0.860. The second kappa shape index (κ2) is 6.99. The third-order valence-corrected chi connectivity index (χ3v) is 3.59. The van der Waals surface area contributed by atoms with Crippen molar-refractivity contribution in [2.75, 3.05) is 0 Å². The van der Waals surface area contributed by atoms with Gasteiger partial charge in [0.2, 0.25) is 5.16 Å². The molecular formula is C13H15F3N4OS. The number of thioether (sulfide) groups is 1. The third kappa shape index (κ3) is 5.21. The summed E-state index contributed by atoms with van der Waals surface area (Å²) in [6.07, 6.45) is -4.67. The van der Waals surface area contributed by atoms with Crippen LogP contribution in [0.2, 0.25) is 0 Å². The number of aromatic nitrogens is 4. The molecule has 2 aromatic rings. The molecule has 120 valence electrons. The third-order valence-electron chi connectivity index (χ3n) is 2.56. The summed E-state index contributed by atoms with van der Waals surface area (Å²) in [5, 5.41) is 12.2. The molecule has 22 heavy (non-hydrogen) atoms. The van der Waals surface area contributed by atoms with Crippen LogP contribution in [0.25, 0.3) is 0 Å². The topological polar surface area (TPSA) is 52.8 Å². The molecule has 1 heterocycles. The lowest BCUT2D eigenvalue weighted by molar-refractivity contribution is -0.274. The maximum absolute atomic E-state index is 12.1. The summed E-state index contributed by atoms with van der Waals surface area (Å²) < 4.78 is 41.8. The Bertz CT molecular complexity index is 598. The Hall–Kier alpha value is -1.77. The van der Waals surface area contributed by atoms with Crippen molar-refractivity contribution in [3.05, 3.63) is 29.8 Å². The van der Waals surface area contributed by atoms with Crippen LogP contribution in [-0.4, -0.2) is 26.6 Å². The summed E-state index contributed by atoms with van der Waals surface area (Å²) in [7, 11) is 0. The molecule has 0 bridgehead atoms. The molecule has 5 nitrogen and oxygen atoms in total. The number of rotatable bonds is 6. The van der Waals surface area contributed by atoms with E-state index in [0.29, 0.717) is 23.4 Å². The van der Waals surface area contributed by atoms with Gasteiger partial charge in [-0.1, -0.05) is 37.7 Å². The first-order valence-corrected chi connectivity index (χ1v) is 7.55. The number of ether oxygens (including phenoxy) is 1. The van der Waals surface area contributed by atoms with Gasteiger partial charge in [-0.05, 0) is 34.0 Å². The highest BCUT2D eigenvalue weighted by atomic mass is 32.2. The van der Waals surface area contributed by atoms with Crippen LogP contribution in [0.1, 0.15) is 19.4 Å². The Morgan fingerprint density at radius 2 is 1.91 bits per heavy atom. The zero-order valence-corrected chi connectivity index (χ0v) is 12.9. The quantitative estimate of drug-likeness (QED) is 0.758. The minimum atomic E-state index is -4.67. The fourth-order valence-electron chi connectivity index (χ4n) is 1.70. The van der Waals surface area contributed by atoms with E-state index in [1.54, 1.807) is 16.8 Å². The molecule has 0 saturated heterocycles. The van der Waals surface area contributed by atoms with Crippen LogP contribution in [0.4, 0.5) is 13.2 Å². The van der Waals surface area contributed by atoms with E-state index in [0.717, 1.165) is 5.56 Å². The van der Waals surface area contributed by atoms with Gasteiger partial charge in [-0.15, -0.1) is 18.3 Å². The first-order chi connectivity index (χ1) is 10.3. The van der Waals surface area contributed by atoms with Gasteiger partial charge in [-0.3, -0.25) is 0 Å². The van der Waals surface area contributed by atoms with Crippen molar-refractivity contribution in [2.24, 2.45) is 5.92 Å². The van der Waals surface area contributed by atoms with Gasteiger partial charge in [-0.2, -0.15) is 0 Å².